The normalized spacial score (nSPS) is 15.6. The fraction of sp³-hybridized carbons (Fsp3) is 0.105. The van der Waals surface area contributed by atoms with Gasteiger partial charge in [-0.1, -0.05) is 24.3 Å². The van der Waals surface area contributed by atoms with E-state index in [-0.39, 0.29) is 11.4 Å². The molecule has 0 unspecified atom stereocenters. The van der Waals surface area contributed by atoms with Gasteiger partial charge < -0.3 is 15.7 Å². The number of nitrogens with zero attached hydrogens (tertiary/aromatic N) is 1. The van der Waals surface area contributed by atoms with Crippen LogP contribution in [0, 0.1) is 0 Å². The summed E-state index contributed by atoms with van der Waals surface area (Å²) in [5, 5.41) is 13.8. The summed E-state index contributed by atoms with van der Waals surface area (Å²) in [5.74, 6) is -1.84. The molecule has 0 aliphatic carbocycles. The van der Waals surface area contributed by atoms with E-state index < -0.39 is 41.8 Å². The zero-order valence-corrected chi connectivity index (χ0v) is 14.7. The number of benzene rings is 2. The number of hydrogen-bond donors (Lipinski definition) is 3. The second kappa shape index (κ2) is 7.66. The van der Waals surface area contributed by atoms with Crippen LogP contribution in [0.25, 0.3) is 6.08 Å². The third-order valence-electron chi connectivity index (χ3n) is 3.95. The molecule has 0 atom stereocenters. The summed E-state index contributed by atoms with van der Waals surface area (Å²) in [7, 11) is 0. The minimum absolute atomic E-state index is 0.0457. The molecule has 2 aromatic rings. The van der Waals surface area contributed by atoms with Crippen LogP contribution in [0.5, 0.6) is 5.75 Å². The molecule has 1 fully saturated rings. The summed E-state index contributed by atoms with van der Waals surface area (Å²) in [4.78, 5) is 37.1. The number of hydrogen-bond acceptors (Lipinski definition) is 4. The zero-order chi connectivity index (χ0) is 21.2. The number of para-hydroxylation sites is 1. The number of amides is 4. The molecular weight excluding hydrogens is 391 g/mol. The smallest absolute Gasteiger partial charge is 0.418 e. The van der Waals surface area contributed by atoms with Crippen molar-refractivity contribution in [3.63, 3.8) is 0 Å². The molecule has 7 nitrogen and oxygen atoms in total. The van der Waals surface area contributed by atoms with E-state index in [1.807, 2.05) is 0 Å². The third-order valence-corrected chi connectivity index (χ3v) is 3.95. The number of alkyl halides is 3. The van der Waals surface area contributed by atoms with Crippen molar-refractivity contribution < 1.29 is 32.7 Å². The van der Waals surface area contributed by atoms with Crippen molar-refractivity contribution in [1.29, 1.82) is 0 Å². The maximum atomic E-state index is 13.0. The minimum atomic E-state index is -4.68. The van der Waals surface area contributed by atoms with E-state index in [1.54, 1.807) is 6.07 Å². The first kappa shape index (κ1) is 19.9. The van der Waals surface area contributed by atoms with Gasteiger partial charge in [0.15, 0.2) is 0 Å². The molecule has 29 heavy (non-hydrogen) atoms. The lowest BCUT2D eigenvalue weighted by atomic mass is 10.1. The average molecular weight is 405 g/mol. The van der Waals surface area contributed by atoms with Gasteiger partial charge in [-0.25, -0.2) is 9.69 Å². The van der Waals surface area contributed by atoms with Gasteiger partial charge in [0.2, 0.25) is 5.91 Å². The van der Waals surface area contributed by atoms with Crippen LogP contribution < -0.4 is 10.6 Å². The second-order valence-electron chi connectivity index (χ2n) is 6.07. The fourth-order valence-electron chi connectivity index (χ4n) is 2.67. The molecule has 0 bridgehead atoms. The van der Waals surface area contributed by atoms with Crippen molar-refractivity contribution in [3.05, 3.63) is 65.4 Å². The Morgan fingerprint density at radius 3 is 2.55 bits per heavy atom. The third kappa shape index (κ3) is 4.54. The van der Waals surface area contributed by atoms with E-state index in [2.05, 4.69) is 10.6 Å². The first-order valence-corrected chi connectivity index (χ1v) is 8.25. The Kier molecular flexibility index (Phi) is 5.26. The van der Waals surface area contributed by atoms with Crippen LogP contribution in [-0.4, -0.2) is 34.4 Å². The van der Waals surface area contributed by atoms with Crippen LogP contribution in [0.15, 0.2) is 54.2 Å². The molecule has 1 saturated heterocycles. The van der Waals surface area contributed by atoms with E-state index >= 15 is 0 Å². The van der Waals surface area contributed by atoms with Gasteiger partial charge in [-0.15, -0.1) is 0 Å². The molecule has 150 valence electrons. The number of imide groups is 1. The zero-order valence-electron chi connectivity index (χ0n) is 14.7. The van der Waals surface area contributed by atoms with Crippen molar-refractivity contribution in [2.45, 2.75) is 6.18 Å². The number of anilines is 1. The van der Waals surface area contributed by atoms with Gasteiger partial charge in [0, 0.05) is 0 Å². The summed E-state index contributed by atoms with van der Waals surface area (Å²) in [5.41, 5.74) is -1.23. The van der Waals surface area contributed by atoms with Gasteiger partial charge in [0.05, 0.1) is 11.3 Å². The molecule has 1 aliphatic rings. The highest BCUT2D eigenvalue weighted by molar-refractivity contribution is 6.16. The Labute approximate surface area is 162 Å². The van der Waals surface area contributed by atoms with E-state index in [4.69, 9.17) is 0 Å². The average Bonchev–Trinajstić information content (AvgIpc) is 2.89. The van der Waals surface area contributed by atoms with Gasteiger partial charge in [-0.05, 0) is 35.9 Å². The number of phenols is 1. The summed E-state index contributed by atoms with van der Waals surface area (Å²) in [6.07, 6.45) is -3.38. The van der Waals surface area contributed by atoms with Gasteiger partial charge in [0.1, 0.15) is 18.0 Å². The van der Waals surface area contributed by atoms with Crippen molar-refractivity contribution in [3.8, 4) is 5.75 Å². The molecule has 3 rings (SSSR count). The Balaban J connectivity index is 1.73. The summed E-state index contributed by atoms with van der Waals surface area (Å²) < 4.78 is 39.0. The molecular formula is C19H14F3N3O4. The Morgan fingerprint density at radius 1 is 1.14 bits per heavy atom. The van der Waals surface area contributed by atoms with Gasteiger partial charge in [-0.3, -0.25) is 9.59 Å². The first-order chi connectivity index (χ1) is 13.6. The van der Waals surface area contributed by atoms with Gasteiger partial charge in [0.25, 0.3) is 5.91 Å². The van der Waals surface area contributed by atoms with E-state index in [9.17, 15) is 32.7 Å². The van der Waals surface area contributed by atoms with Crippen LogP contribution in [0.1, 0.15) is 11.1 Å². The number of carbonyl (C=O) groups is 3. The van der Waals surface area contributed by atoms with Crippen molar-refractivity contribution >= 4 is 29.6 Å². The standard InChI is InChI=1S/C19H14F3N3O4/c20-19(21,22)13-6-1-2-7-14(13)23-16(27)10-25-17(28)15(24-18(25)29)9-11-4-3-5-12(26)8-11/h1-9,26H,10H2,(H,23,27)(H,24,29)/b15-9-. The molecule has 1 heterocycles. The number of halogens is 3. The first-order valence-electron chi connectivity index (χ1n) is 8.25. The number of phenolic OH excluding ortho intramolecular Hbond substituents is 1. The monoisotopic (exact) mass is 405 g/mol. The van der Waals surface area contributed by atoms with E-state index in [0.717, 1.165) is 12.1 Å². The van der Waals surface area contributed by atoms with Crippen LogP contribution in [0.2, 0.25) is 0 Å². The number of urea groups is 1. The number of aromatic hydroxyl groups is 1. The fourth-order valence-corrected chi connectivity index (χ4v) is 2.67. The molecule has 10 heteroatoms. The Morgan fingerprint density at radius 2 is 1.86 bits per heavy atom. The van der Waals surface area contributed by atoms with Crippen LogP contribution in [-0.2, 0) is 15.8 Å². The molecule has 0 saturated carbocycles. The molecule has 3 N–H and O–H groups in total. The molecule has 1 aliphatic heterocycles. The molecule has 4 amide bonds. The van der Waals surface area contributed by atoms with Gasteiger partial charge in [-0.2, -0.15) is 13.2 Å². The van der Waals surface area contributed by atoms with Crippen molar-refractivity contribution in [2.75, 3.05) is 11.9 Å². The molecule has 2 aromatic carbocycles. The predicted molar refractivity (Wildman–Crippen MR) is 96.4 cm³/mol. The van der Waals surface area contributed by atoms with Crippen molar-refractivity contribution in [1.82, 2.24) is 10.2 Å². The summed E-state index contributed by atoms with van der Waals surface area (Å²) in [6.45, 7) is -0.770. The Hall–Kier alpha value is -3.82. The highest BCUT2D eigenvalue weighted by atomic mass is 19.4. The molecule has 0 spiro atoms. The van der Waals surface area contributed by atoms with Crippen LogP contribution in [0.3, 0.4) is 0 Å². The Bertz CT molecular complexity index is 1020. The van der Waals surface area contributed by atoms with Crippen molar-refractivity contribution in [2.24, 2.45) is 0 Å². The van der Waals surface area contributed by atoms with Crippen LogP contribution in [0.4, 0.5) is 23.7 Å². The van der Waals surface area contributed by atoms with E-state index in [0.29, 0.717) is 10.5 Å². The summed E-state index contributed by atoms with van der Waals surface area (Å²) >= 11 is 0. The number of rotatable bonds is 4. The quantitative estimate of drug-likeness (QED) is 0.538. The lowest BCUT2D eigenvalue weighted by molar-refractivity contribution is -0.137. The SMILES string of the molecule is O=C(CN1C(=O)N/C(=C\c2cccc(O)c2)C1=O)Nc1ccccc1C(F)(F)F. The minimum Gasteiger partial charge on any atom is -0.508 e. The highest BCUT2D eigenvalue weighted by Gasteiger charge is 2.36. The van der Waals surface area contributed by atoms with Crippen LogP contribution >= 0.6 is 0 Å². The lowest BCUT2D eigenvalue weighted by Crippen LogP contribution is -2.38. The largest absolute Gasteiger partial charge is 0.508 e. The number of carbonyl (C=O) groups excluding carboxylic acids is 3. The molecule has 0 radical (unpaired) electrons. The molecule has 0 aromatic heterocycles. The number of nitrogens with one attached hydrogen (secondary N) is 2. The van der Waals surface area contributed by atoms with Gasteiger partial charge >= 0.3 is 12.2 Å². The highest BCUT2D eigenvalue weighted by Crippen LogP contribution is 2.34. The van der Waals surface area contributed by atoms with E-state index in [1.165, 1.54) is 36.4 Å². The predicted octanol–water partition coefficient (Wildman–Crippen LogP) is 2.94. The maximum absolute atomic E-state index is 13.0. The topological polar surface area (TPSA) is 98.7 Å². The maximum Gasteiger partial charge on any atom is 0.418 e. The summed E-state index contributed by atoms with van der Waals surface area (Å²) in [6, 6.07) is 9.37. The lowest BCUT2D eigenvalue weighted by Gasteiger charge is -2.15. The second-order valence-corrected chi connectivity index (χ2v) is 6.07.